The topological polar surface area (TPSA) is 95.0 Å². The van der Waals surface area contributed by atoms with Crippen LogP contribution in [0.4, 0.5) is 10.5 Å². The molecule has 7 nitrogen and oxygen atoms in total. The Kier molecular flexibility index (Phi) is 12.1. The molecule has 0 unspecified atom stereocenters. The Morgan fingerprint density at radius 1 is 1.03 bits per heavy atom. The van der Waals surface area contributed by atoms with Gasteiger partial charge < -0.3 is 20.5 Å². The molecule has 0 saturated carbocycles. The summed E-state index contributed by atoms with van der Waals surface area (Å²) in [5, 5.41) is 18.8. The van der Waals surface area contributed by atoms with Crippen LogP contribution in [0.15, 0.2) is 53.5 Å². The molecule has 2 rings (SSSR count). The monoisotopic (exact) mass is 554 g/mol. The van der Waals surface area contributed by atoms with E-state index in [-0.39, 0.29) is 30.6 Å². The molecule has 0 aliphatic rings. The fourth-order valence-electron chi connectivity index (χ4n) is 2.87. The average molecular weight is 554 g/mol. The van der Waals surface area contributed by atoms with Crippen molar-refractivity contribution < 1.29 is 14.6 Å². The number of halogens is 1. The minimum Gasteiger partial charge on any atom is -0.444 e. The number of carbonyl (C=O) groups excluding carboxylic acids is 1. The maximum Gasteiger partial charge on any atom is 0.412 e. The van der Waals surface area contributed by atoms with Crippen LogP contribution in [0, 0.1) is 0 Å². The van der Waals surface area contributed by atoms with Gasteiger partial charge in [-0.3, -0.25) is 5.32 Å². The van der Waals surface area contributed by atoms with E-state index in [1.165, 1.54) is 0 Å². The fraction of sp³-hybridized carbons (Fsp3) is 0.417. The zero-order chi connectivity index (χ0) is 22.7. The van der Waals surface area contributed by atoms with Gasteiger partial charge >= 0.3 is 6.09 Å². The second-order valence-electron chi connectivity index (χ2n) is 8.12. The number of nitrogens with one attached hydrogen (secondary N) is 3. The lowest BCUT2D eigenvalue weighted by Crippen LogP contribution is -2.38. The Bertz CT molecular complexity index is 864. The first kappa shape index (κ1) is 27.7. The molecule has 32 heavy (non-hydrogen) atoms. The number of hydrogen-bond acceptors (Lipinski definition) is 4. The summed E-state index contributed by atoms with van der Waals surface area (Å²) in [6.45, 7) is 9.50. The van der Waals surface area contributed by atoms with E-state index < -0.39 is 11.7 Å². The summed E-state index contributed by atoms with van der Waals surface area (Å²) in [5.74, 6) is 0.735. The van der Waals surface area contributed by atoms with E-state index in [0.717, 1.165) is 35.6 Å². The van der Waals surface area contributed by atoms with Crippen LogP contribution >= 0.6 is 24.0 Å². The van der Waals surface area contributed by atoms with Crippen LogP contribution in [0.1, 0.15) is 44.4 Å². The lowest BCUT2D eigenvalue weighted by Gasteiger charge is -2.19. The van der Waals surface area contributed by atoms with Crippen LogP contribution in [-0.2, 0) is 24.3 Å². The number of aliphatic hydroxyl groups is 1. The normalized spacial score (nSPS) is 11.3. The molecule has 0 saturated heterocycles. The third-order valence-corrected chi connectivity index (χ3v) is 4.35. The van der Waals surface area contributed by atoms with Crippen molar-refractivity contribution in [2.45, 2.75) is 52.9 Å². The molecule has 0 heterocycles. The Hall–Kier alpha value is -2.33. The number of nitrogens with zero attached hydrogens (tertiary/aromatic N) is 1. The van der Waals surface area contributed by atoms with Crippen molar-refractivity contribution in [3.8, 4) is 0 Å². The van der Waals surface area contributed by atoms with Crippen LogP contribution in [-0.4, -0.2) is 35.8 Å². The first-order chi connectivity index (χ1) is 14.8. The largest absolute Gasteiger partial charge is 0.444 e. The second-order valence-corrected chi connectivity index (χ2v) is 8.12. The summed E-state index contributed by atoms with van der Waals surface area (Å²) in [7, 11) is 0. The Labute approximate surface area is 208 Å². The minimum atomic E-state index is -0.526. The molecule has 0 bridgehead atoms. The zero-order valence-electron chi connectivity index (χ0n) is 19.3. The number of ether oxygens (including phenoxy) is 1. The highest BCUT2D eigenvalue weighted by atomic mass is 127. The zero-order valence-corrected chi connectivity index (χ0v) is 21.6. The van der Waals surface area contributed by atoms with E-state index in [1.54, 1.807) is 0 Å². The molecule has 8 heteroatoms. The molecule has 0 aliphatic heterocycles. The van der Waals surface area contributed by atoms with E-state index in [9.17, 15) is 9.90 Å². The van der Waals surface area contributed by atoms with Crippen molar-refractivity contribution in [1.82, 2.24) is 10.6 Å². The summed E-state index contributed by atoms with van der Waals surface area (Å²) in [5.41, 5.74) is 3.21. The average Bonchev–Trinajstić information content (AvgIpc) is 2.72. The summed E-state index contributed by atoms with van der Waals surface area (Å²) in [6.07, 6.45) is 0.348. The molecule has 176 valence electrons. The van der Waals surface area contributed by atoms with Gasteiger partial charge in [-0.15, -0.1) is 24.0 Å². The van der Waals surface area contributed by atoms with Crippen molar-refractivity contribution in [3.63, 3.8) is 0 Å². The van der Waals surface area contributed by atoms with Gasteiger partial charge in [0.05, 0.1) is 13.2 Å². The molecule has 0 spiro atoms. The van der Waals surface area contributed by atoms with Gasteiger partial charge in [0.1, 0.15) is 5.60 Å². The number of amides is 1. The maximum atomic E-state index is 11.8. The van der Waals surface area contributed by atoms with Gasteiger partial charge in [-0.25, -0.2) is 9.79 Å². The summed E-state index contributed by atoms with van der Waals surface area (Å²) >= 11 is 0. The van der Waals surface area contributed by atoms with Gasteiger partial charge in [-0.1, -0.05) is 36.4 Å². The highest BCUT2D eigenvalue weighted by Crippen LogP contribution is 2.13. The van der Waals surface area contributed by atoms with Crippen LogP contribution < -0.4 is 16.0 Å². The number of hydrogen-bond donors (Lipinski definition) is 4. The fourth-order valence-corrected chi connectivity index (χ4v) is 2.87. The van der Waals surface area contributed by atoms with E-state index in [4.69, 9.17) is 4.74 Å². The number of anilines is 1. The molecule has 4 N–H and O–H groups in total. The van der Waals surface area contributed by atoms with E-state index in [2.05, 4.69) is 20.9 Å². The second kappa shape index (κ2) is 13.9. The van der Waals surface area contributed by atoms with Gasteiger partial charge in [-0.05, 0) is 62.9 Å². The number of carbonyl (C=O) groups is 1. The number of guanidine groups is 1. The van der Waals surface area contributed by atoms with Crippen molar-refractivity contribution >= 4 is 41.7 Å². The van der Waals surface area contributed by atoms with E-state index >= 15 is 0 Å². The van der Waals surface area contributed by atoms with Gasteiger partial charge in [0.15, 0.2) is 5.96 Å². The first-order valence-corrected chi connectivity index (χ1v) is 10.6. The molecule has 2 aromatic rings. The highest BCUT2D eigenvalue weighted by molar-refractivity contribution is 14.0. The molecule has 2 aromatic carbocycles. The number of benzene rings is 2. The standard InChI is InChI=1S/C24H34N4O3.HI/c1-5-25-22(27-16-19-8-6-7-9-20(19)17-29)26-15-14-18-10-12-21(13-11-18)28-23(30)31-24(2,3)4;/h6-13,29H,5,14-17H2,1-4H3,(H,28,30)(H2,25,26,27);1H. The third kappa shape index (κ3) is 10.3. The summed E-state index contributed by atoms with van der Waals surface area (Å²) in [4.78, 5) is 16.5. The van der Waals surface area contributed by atoms with Crippen molar-refractivity contribution in [3.05, 3.63) is 65.2 Å². The Balaban J connectivity index is 0.00000512. The highest BCUT2D eigenvalue weighted by Gasteiger charge is 2.16. The third-order valence-electron chi connectivity index (χ3n) is 4.35. The Morgan fingerprint density at radius 3 is 2.28 bits per heavy atom. The molecule has 0 fully saturated rings. The van der Waals surface area contributed by atoms with E-state index in [0.29, 0.717) is 18.8 Å². The molecule has 0 atom stereocenters. The SMILES string of the molecule is CCNC(=NCc1ccccc1CO)NCCc1ccc(NC(=O)OC(C)(C)C)cc1.I. The van der Waals surface area contributed by atoms with Crippen LogP contribution in [0.3, 0.4) is 0 Å². The van der Waals surface area contributed by atoms with Gasteiger partial charge in [0, 0.05) is 18.8 Å². The maximum absolute atomic E-state index is 11.8. The molecule has 1 amide bonds. The van der Waals surface area contributed by atoms with Gasteiger partial charge in [0.25, 0.3) is 0 Å². The molecular formula is C24H35IN4O3. The van der Waals surface area contributed by atoms with Crippen LogP contribution in [0.25, 0.3) is 0 Å². The first-order valence-electron chi connectivity index (χ1n) is 10.6. The van der Waals surface area contributed by atoms with E-state index in [1.807, 2.05) is 76.2 Å². The quantitative estimate of drug-likeness (QED) is 0.220. The van der Waals surface area contributed by atoms with Crippen molar-refractivity contribution in [2.24, 2.45) is 4.99 Å². The lowest BCUT2D eigenvalue weighted by molar-refractivity contribution is 0.0636. The minimum absolute atomic E-state index is 0. The van der Waals surface area contributed by atoms with Gasteiger partial charge in [0.2, 0.25) is 0 Å². The number of aliphatic hydroxyl groups excluding tert-OH is 1. The molecule has 0 aromatic heterocycles. The molecule has 0 aliphatic carbocycles. The van der Waals surface area contributed by atoms with Crippen LogP contribution in [0.5, 0.6) is 0 Å². The van der Waals surface area contributed by atoms with Crippen molar-refractivity contribution in [2.75, 3.05) is 18.4 Å². The molecule has 0 radical (unpaired) electrons. The number of rotatable bonds is 8. The predicted molar refractivity (Wildman–Crippen MR) is 141 cm³/mol. The molecular weight excluding hydrogens is 519 g/mol. The lowest BCUT2D eigenvalue weighted by atomic mass is 10.1. The number of aliphatic imine (C=N–C) groups is 1. The predicted octanol–water partition coefficient (Wildman–Crippen LogP) is 4.44. The smallest absolute Gasteiger partial charge is 0.412 e. The summed E-state index contributed by atoms with van der Waals surface area (Å²) in [6, 6.07) is 15.4. The van der Waals surface area contributed by atoms with Gasteiger partial charge in [-0.2, -0.15) is 0 Å². The van der Waals surface area contributed by atoms with Crippen LogP contribution in [0.2, 0.25) is 0 Å². The summed E-state index contributed by atoms with van der Waals surface area (Å²) < 4.78 is 5.26. The van der Waals surface area contributed by atoms with Crippen molar-refractivity contribution in [1.29, 1.82) is 0 Å². The Morgan fingerprint density at radius 2 is 1.69 bits per heavy atom.